The van der Waals surface area contributed by atoms with E-state index in [9.17, 15) is 0 Å². The summed E-state index contributed by atoms with van der Waals surface area (Å²) in [5.41, 5.74) is 1.50. The van der Waals surface area contributed by atoms with Gasteiger partial charge in [0, 0.05) is 35.0 Å². The van der Waals surface area contributed by atoms with Crippen LogP contribution in [-0.4, -0.2) is 24.2 Å². The Labute approximate surface area is 101 Å². The maximum atomic E-state index is 5.77. The first kappa shape index (κ1) is 11.3. The van der Waals surface area contributed by atoms with Crippen molar-refractivity contribution in [2.75, 3.05) is 18.2 Å². The highest BCUT2D eigenvalue weighted by Gasteiger charge is 2.22. The normalized spacial score (nSPS) is 21.3. The number of hydrogen-bond donors (Lipinski definition) is 1. The first-order valence-electron chi connectivity index (χ1n) is 5.32. The average Bonchev–Trinajstić information content (AvgIpc) is 2.69. The van der Waals surface area contributed by atoms with Crippen molar-refractivity contribution in [2.45, 2.75) is 23.8 Å². The molecule has 1 aliphatic heterocycles. The minimum Gasteiger partial charge on any atom is -0.312 e. The van der Waals surface area contributed by atoms with Crippen LogP contribution in [0.15, 0.2) is 29.2 Å². The highest BCUT2D eigenvalue weighted by molar-refractivity contribution is 7.99. The smallest absolute Gasteiger partial charge is 0.0374 e. The van der Waals surface area contributed by atoms with Gasteiger partial charge in [-0.05, 0) is 18.6 Å². The molecule has 0 radical (unpaired) electrons. The van der Waals surface area contributed by atoms with Crippen LogP contribution in [0.1, 0.15) is 18.4 Å². The maximum absolute atomic E-state index is 5.77. The van der Waals surface area contributed by atoms with Gasteiger partial charge in [0.2, 0.25) is 0 Å². The molecule has 0 spiro atoms. The number of benzene rings is 1. The van der Waals surface area contributed by atoms with Gasteiger partial charge >= 0.3 is 0 Å². The summed E-state index contributed by atoms with van der Waals surface area (Å²) in [5.74, 6) is 2.53. The second kappa shape index (κ2) is 5.24. The first-order chi connectivity index (χ1) is 7.31. The van der Waals surface area contributed by atoms with E-state index < -0.39 is 0 Å². The number of nitrogens with one attached hydrogen (secondary N) is 1. The predicted molar refractivity (Wildman–Crippen MR) is 68.1 cm³/mol. The molecule has 2 rings (SSSR count). The molecule has 82 valence electrons. The summed E-state index contributed by atoms with van der Waals surface area (Å²) in [5, 5.41) is 3.47. The lowest BCUT2D eigenvalue weighted by Crippen LogP contribution is -2.31. The van der Waals surface area contributed by atoms with Gasteiger partial charge in [0.15, 0.2) is 0 Å². The molecule has 1 aromatic rings. The van der Waals surface area contributed by atoms with Crippen LogP contribution in [-0.2, 0) is 0 Å². The monoisotopic (exact) mass is 241 g/mol. The summed E-state index contributed by atoms with van der Waals surface area (Å²) in [6.07, 6.45) is 0. The molecule has 2 unspecified atom stereocenters. The predicted octanol–water partition coefficient (Wildman–Crippen LogP) is 3.09. The van der Waals surface area contributed by atoms with Crippen LogP contribution >= 0.6 is 23.4 Å². The van der Waals surface area contributed by atoms with Crippen molar-refractivity contribution in [1.29, 1.82) is 0 Å². The molecule has 15 heavy (non-hydrogen) atoms. The Morgan fingerprint density at radius 1 is 1.53 bits per heavy atom. The lowest BCUT2D eigenvalue weighted by Gasteiger charge is -2.15. The quantitative estimate of drug-likeness (QED) is 0.814. The van der Waals surface area contributed by atoms with E-state index in [2.05, 4.69) is 36.5 Å². The Hall–Kier alpha value is -0.180. The van der Waals surface area contributed by atoms with Gasteiger partial charge in [-0.15, -0.1) is 23.4 Å². The highest BCUT2D eigenvalue weighted by atomic mass is 35.5. The van der Waals surface area contributed by atoms with Crippen LogP contribution in [0.25, 0.3) is 0 Å². The van der Waals surface area contributed by atoms with E-state index in [1.807, 2.05) is 11.8 Å². The summed E-state index contributed by atoms with van der Waals surface area (Å²) in [4.78, 5) is 1.45. The molecule has 0 aromatic heterocycles. The zero-order chi connectivity index (χ0) is 10.7. The van der Waals surface area contributed by atoms with Crippen molar-refractivity contribution in [3.05, 3.63) is 29.8 Å². The first-order valence-corrected chi connectivity index (χ1v) is 6.84. The van der Waals surface area contributed by atoms with Gasteiger partial charge in [-0.3, -0.25) is 0 Å². The van der Waals surface area contributed by atoms with E-state index >= 15 is 0 Å². The van der Waals surface area contributed by atoms with E-state index in [-0.39, 0.29) is 0 Å². The van der Waals surface area contributed by atoms with Crippen molar-refractivity contribution in [1.82, 2.24) is 5.32 Å². The fourth-order valence-electron chi connectivity index (χ4n) is 1.80. The molecule has 3 heteroatoms. The Morgan fingerprint density at radius 2 is 2.33 bits per heavy atom. The van der Waals surface area contributed by atoms with Gasteiger partial charge in [-0.25, -0.2) is 0 Å². The van der Waals surface area contributed by atoms with Gasteiger partial charge in [0.05, 0.1) is 0 Å². The minimum absolute atomic E-state index is 0.407. The lowest BCUT2D eigenvalue weighted by atomic mass is 10.0. The second-order valence-electron chi connectivity index (χ2n) is 4.01. The zero-order valence-corrected chi connectivity index (χ0v) is 10.4. The number of rotatable bonds is 4. The van der Waals surface area contributed by atoms with Crippen LogP contribution in [0.3, 0.4) is 0 Å². The molecule has 0 saturated carbocycles. The molecule has 1 heterocycles. The minimum atomic E-state index is 0.407. The van der Waals surface area contributed by atoms with E-state index in [0.29, 0.717) is 17.8 Å². The number of hydrogen-bond acceptors (Lipinski definition) is 2. The molecule has 1 aromatic carbocycles. The SMILES string of the molecule is CC(CCl)NCC1CSc2ccccc21. The van der Waals surface area contributed by atoms with Crippen LogP contribution in [0.4, 0.5) is 0 Å². The standard InChI is InChI=1S/C12H16ClNS/c1-9(6-13)14-7-10-8-15-12-5-3-2-4-11(10)12/h2-5,9-10,14H,6-8H2,1H3. The van der Waals surface area contributed by atoms with Gasteiger partial charge < -0.3 is 5.32 Å². The van der Waals surface area contributed by atoms with Crippen molar-refractivity contribution < 1.29 is 0 Å². The summed E-state index contributed by atoms with van der Waals surface area (Å²) in [6.45, 7) is 3.17. The molecule has 0 aliphatic carbocycles. The number of thioether (sulfide) groups is 1. The van der Waals surface area contributed by atoms with Gasteiger partial charge in [0.1, 0.15) is 0 Å². The third-order valence-corrected chi connectivity index (χ3v) is 4.46. The topological polar surface area (TPSA) is 12.0 Å². The van der Waals surface area contributed by atoms with Crippen molar-refractivity contribution in [3.63, 3.8) is 0 Å². The molecule has 1 N–H and O–H groups in total. The Kier molecular flexibility index (Phi) is 3.95. The Morgan fingerprint density at radius 3 is 3.13 bits per heavy atom. The fraction of sp³-hybridized carbons (Fsp3) is 0.500. The molecular weight excluding hydrogens is 226 g/mol. The van der Waals surface area contributed by atoms with Crippen molar-refractivity contribution >= 4 is 23.4 Å². The van der Waals surface area contributed by atoms with Crippen LogP contribution in [0, 0.1) is 0 Å². The van der Waals surface area contributed by atoms with E-state index in [0.717, 1.165) is 6.54 Å². The van der Waals surface area contributed by atoms with Crippen LogP contribution in [0.5, 0.6) is 0 Å². The summed E-state index contributed by atoms with van der Waals surface area (Å²) in [7, 11) is 0. The number of alkyl halides is 1. The van der Waals surface area contributed by atoms with Crippen molar-refractivity contribution in [2.24, 2.45) is 0 Å². The number of halogens is 1. The van der Waals surface area contributed by atoms with E-state index in [1.54, 1.807) is 0 Å². The van der Waals surface area contributed by atoms with Gasteiger partial charge in [0.25, 0.3) is 0 Å². The molecule has 1 nitrogen and oxygen atoms in total. The summed E-state index contributed by atoms with van der Waals surface area (Å²) >= 11 is 7.73. The largest absolute Gasteiger partial charge is 0.312 e. The molecule has 0 amide bonds. The Balaban J connectivity index is 1.96. The van der Waals surface area contributed by atoms with Crippen LogP contribution < -0.4 is 5.32 Å². The molecule has 0 fully saturated rings. The van der Waals surface area contributed by atoms with E-state index in [4.69, 9.17) is 11.6 Å². The average molecular weight is 242 g/mol. The molecule has 0 saturated heterocycles. The fourth-order valence-corrected chi connectivity index (χ4v) is 3.16. The lowest BCUT2D eigenvalue weighted by molar-refractivity contribution is 0.555. The highest BCUT2D eigenvalue weighted by Crippen LogP contribution is 2.38. The zero-order valence-electron chi connectivity index (χ0n) is 8.87. The van der Waals surface area contributed by atoms with E-state index in [1.165, 1.54) is 16.2 Å². The number of fused-ring (bicyclic) bond motifs is 1. The second-order valence-corrected chi connectivity index (χ2v) is 5.38. The van der Waals surface area contributed by atoms with Crippen LogP contribution in [0.2, 0.25) is 0 Å². The molecule has 0 bridgehead atoms. The van der Waals surface area contributed by atoms with Crippen molar-refractivity contribution in [3.8, 4) is 0 Å². The van der Waals surface area contributed by atoms with Gasteiger partial charge in [-0.2, -0.15) is 0 Å². The molecular formula is C12H16ClNS. The molecule has 1 aliphatic rings. The Bertz CT molecular complexity index is 329. The van der Waals surface area contributed by atoms with Gasteiger partial charge in [-0.1, -0.05) is 18.2 Å². The summed E-state index contributed by atoms with van der Waals surface area (Å²) in [6, 6.07) is 9.11. The molecule has 2 atom stereocenters. The third-order valence-electron chi connectivity index (χ3n) is 2.74. The maximum Gasteiger partial charge on any atom is 0.0374 e. The third kappa shape index (κ3) is 2.68. The summed E-state index contributed by atoms with van der Waals surface area (Å²) < 4.78 is 0.